The molecular weight excluding hydrogens is 230 g/mol. The number of hydrogen-bond donors (Lipinski definition) is 0. The Bertz CT molecular complexity index is 464. The van der Waals surface area contributed by atoms with E-state index in [2.05, 4.69) is 9.46 Å². The van der Waals surface area contributed by atoms with Crippen molar-refractivity contribution in [3.05, 3.63) is 29.8 Å². The van der Waals surface area contributed by atoms with Gasteiger partial charge in [-0.15, -0.1) is 0 Å². The second-order valence-corrected chi connectivity index (χ2v) is 4.68. The van der Waals surface area contributed by atoms with Gasteiger partial charge in [-0.2, -0.15) is 8.42 Å². The van der Waals surface area contributed by atoms with Gasteiger partial charge in [0.1, 0.15) is 0 Å². The molecule has 0 aliphatic rings. The Morgan fingerprint density at radius 2 is 1.88 bits per heavy atom. The standard InChI is InChI=1S/C10H12NO4S/c1-3-15-10(12)11-16(13,14)9-6-4-8(2)5-7-9/h4-7H,3H2,1-2H3. The highest BCUT2D eigenvalue weighted by molar-refractivity contribution is 7.90. The first-order valence-corrected chi connectivity index (χ1v) is 6.11. The van der Waals surface area contributed by atoms with Crippen LogP contribution in [0.25, 0.3) is 0 Å². The summed E-state index contributed by atoms with van der Waals surface area (Å²) < 4.78 is 30.6. The van der Waals surface area contributed by atoms with E-state index in [1.165, 1.54) is 12.1 Å². The molecule has 0 saturated heterocycles. The highest BCUT2D eigenvalue weighted by atomic mass is 32.2. The zero-order chi connectivity index (χ0) is 12.2. The van der Waals surface area contributed by atoms with E-state index in [1.807, 2.05) is 6.92 Å². The van der Waals surface area contributed by atoms with E-state index >= 15 is 0 Å². The van der Waals surface area contributed by atoms with Gasteiger partial charge in [-0.05, 0) is 26.0 Å². The Hall–Kier alpha value is -1.56. The third-order valence-corrected chi connectivity index (χ3v) is 3.04. The molecule has 0 heterocycles. The molecule has 1 rings (SSSR count). The lowest BCUT2D eigenvalue weighted by Crippen LogP contribution is -2.24. The fourth-order valence-electron chi connectivity index (χ4n) is 1.01. The molecule has 0 bridgehead atoms. The second-order valence-electron chi connectivity index (χ2n) is 3.08. The van der Waals surface area contributed by atoms with Crippen molar-refractivity contribution in [2.75, 3.05) is 6.61 Å². The third-order valence-electron chi connectivity index (χ3n) is 1.78. The number of sulfonamides is 1. The number of nitrogens with zero attached hydrogens (tertiary/aromatic N) is 1. The highest BCUT2D eigenvalue weighted by Crippen LogP contribution is 2.10. The molecule has 16 heavy (non-hydrogen) atoms. The summed E-state index contributed by atoms with van der Waals surface area (Å²) in [5.74, 6) is 0. The van der Waals surface area contributed by atoms with Crippen molar-refractivity contribution >= 4 is 16.1 Å². The first-order chi connectivity index (χ1) is 7.45. The van der Waals surface area contributed by atoms with Crippen LogP contribution in [0.15, 0.2) is 29.2 Å². The Kier molecular flexibility index (Phi) is 3.89. The zero-order valence-corrected chi connectivity index (χ0v) is 9.82. The first-order valence-electron chi connectivity index (χ1n) is 4.67. The van der Waals surface area contributed by atoms with Gasteiger partial charge in [-0.1, -0.05) is 22.4 Å². The summed E-state index contributed by atoms with van der Waals surface area (Å²) in [5.41, 5.74) is 0.926. The predicted octanol–water partition coefficient (Wildman–Crippen LogP) is 1.44. The van der Waals surface area contributed by atoms with Crippen LogP contribution < -0.4 is 4.72 Å². The summed E-state index contributed by atoms with van der Waals surface area (Å²) in [7, 11) is -3.95. The van der Waals surface area contributed by atoms with Crippen LogP contribution in [0, 0.1) is 6.92 Å². The molecule has 0 N–H and O–H groups in total. The molecule has 0 fully saturated rings. The van der Waals surface area contributed by atoms with Crippen molar-refractivity contribution in [3.63, 3.8) is 0 Å². The Balaban J connectivity index is 2.86. The molecular formula is C10H12NO4S. The number of rotatable bonds is 3. The molecule has 87 valence electrons. The van der Waals surface area contributed by atoms with Crippen LogP contribution >= 0.6 is 0 Å². The lowest BCUT2D eigenvalue weighted by Gasteiger charge is -2.03. The van der Waals surface area contributed by atoms with Crippen molar-refractivity contribution in [1.29, 1.82) is 0 Å². The number of ether oxygens (including phenoxy) is 1. The molecule has 0 saturated carbocycles. The fraction of sp³-hybridized carbons (Fsp3) is 0.300. The third kappa shape index (κ3) is 3.23. The molecule has 1 radical (unpaired) electrons. The van der Waals surface area contributed by atoms with E-state index in [0.717, 1.165) is 5.56 Å². The van der Waals surface area contributed by atoms with Crippen LogP contribution in [-0.4, -0.2) is 21.1 Å². The summed E-state index contributed by atoms with van der Waals surface area (Å²) in [6.45, 7) is 3.50. The van der Waals surface area contributed by atoms with Gasteiger partial charge in [0.05, 0.1) is 11.5 Å². The molecule has 6 heteroatoms. The predicted molar refractivity (Wildman–Crippen MR) is 57.5 cm³/mol. The second kappa shape index (κ2) is 4.98. The minimum atomic E-state index is -3.95. The molecule has 1 aromatic carbocycles. The highest BCUT2D eigenvalue weighted by Gasteiger charge is 2.20. The van der Waals surface area contributed by atoms with Gasteiger partial charge in [0, 0.05) is 0 Å². The van der Waals surface area contributed by atoms with Gasteiger partial charge in [-0.3, -0.25) is 0 Å². The van der Waals surface area contributed by atoms with Crippen LogP contribution in [0.4, 0.5) is 4.79 Å². The number of carbonyl (C=O) groups is 1. The quantitative estimate of drug-likeness (QED) is 0.803. The van der Waals surface area contributed by atoms with Crippen molar-refractivity contribution in [2.24, 2.45) is 0 Å². The van der Waals surface area contributed by atoms with Crippen molar-refractivity contribution in [1.82, 2.24) is 4.72 Å². The van der Waals surface area contributed by atoms with Gasteiger partial charge < -0.3 is 4.74 Å². The van der Waals surface area contributed by atoms with Gasteiger partial charge >= 0.3 is 6.09 Å². The molecule has 0 aromatic heterocycles. The van der Waals surface area contributed by atoms with Crippen molar-refractivity contribution < 1.29 is 17.9 Å². The maximum absolute atomic E-state index is 11.6. The van der Waals surface area contributed by atoms with Crippen LogP contribution in [0.2, 0.25) is 0 Å². The van der Waals surface area contributed by atoms with E-state index in [0.29, 0.717) is 0 Å². The Morgan fingerprint density at radius 3 is 2.38 bits per heavy atom. The molecule has 0 atom stereocenters. The van der Waals surface area contributed by atoms with Crippen LogP contribution in [-0.2, 0) is 14.8 Å². The number of amides is 1. The molecule has 1 amide bonds. The van der Waals surface area contributed by atoms with E-state index < -0.39 is 16.1 Å². The Morgan fingerprint density at radius 1 is 1.31 bits per heavy atom. The van der Waals surface area contributed by atoms with Gasteiger partial charge in [0.2, 0.25) is 0 Å². The lowest BCUT2D eigenvalue weighted by atomic mass is 10.2. The van der Waals surface area contributed by atoms with E-state index in [-0.39, 0.29) is 11.5 Å². The molecule has 0 aliphatic carbocycles. The molecule has 5 nitrogen and oxygen atoms in total. The SMILES string of the molecule is CCOC(=O)[N]S(=O)(=O)c1ccc(C)cc1. The fourth-order valence-corrected chi connectivity index (χ4v) is 1.85. The monoisotopic (exact) mass is 242 g/mol. The smallest absolute Gasteiger partial charge is 0.444 e. The minimum absolute atomic E-state index is 0.0221. The number of aryl methyl sites for hydroxylation is 1. The topological polar surface area (TPSA) is 74.5 Å². The molecule has 1 aromatic rings. The van der Waals surface area contributed by atoms with Crippen molar-refractivity contribution in [3.8, 4) is 0 Å². The first kappa shape index (κ1) is 12.5. The van der Waals surface area contributed by atoms with Gasteiger partial charge in [0.25, 0.3) is 10.0 Å². The largest absolute Gasteiger partial charge is 0.448 e. The lowest BCUT2D eigenvalue weighted by molar-refractivity contribution is 0.158. The van der Waals surface area contributed by atoms with Crippen LogP contribution in [0.5, 0.6) is 0 Å². The van der Waals surface area contributed by atoms with Crippen molar-refractivity contribution in [2.45, 2.75) is 18.7 Å². The summed E-state index contributed by atoms with van der Waals surface area (Å²) in [6.07, 6.45) is -1.09. The summed E-state index contributed by atoms with van der Waals surface area (Å²) in [6, 6.07) is 6.06. The van der Waals surface area contributed by atoms with Crippen LogP contribution in [0.3, 0.4) is 0 Å². The maximum Gasteiger partial charge on any atom is 0.444 e. The summed E-state index contributed by atoms with van der Waals surface area (Å²) >= 11 is 0. The average Bonchev–Trinajstić information content (AvgIpc) is 2.17. The molecule has 0 spiro atoms. The normalized spacial score (nSPS) is 10.9. The minimum Gasteiger partial charge on any atom is -0.448 e. The molecule has 0 unspecified atom stereocenters. The summed E-state index contributed by atoms with van der Waals surface area (Å²) in [5, 5.41) is 0. The molecule has 0 aliphatic heterocycles. The average molecular weight is 242 g/mol. The van der Waals surface area contributed by atoms with Gasteiger partial charge in [0.15, 0.2) is 0 Å². The van der Waals surface area contributed by atoms with E-state index in [4.69, 9.17) is 0 Å². The Labute approximate surface area is 94.5 Å². The number of carbonyl (C=O) groups excluding carboxylic acids is 1. The van der Waals surface area contributed by atoms with Crippen LogP contribution in [0.1, 0.15) is 12.5 Å². The zero-order valence-electron chi connectivity index (χ0n) is 9.00. The van der Waals surface area contributed by atoms with E-state index in [9.17, 15) is 13.2 Å². The summed E-state index contributed by atoms with van der Waals surface area (Å²) in [4.78, 5) is 10.9. The number of hydrogen-bond acceptors (Lipinski definition) is 4. The number of benzene rings is 1. The maximum atomic E-state index is 11.6. The van der Waals surface area contributed by atoms with Gasteiger partial charge in [-0.25, -0.2) is 4.79 Å². The van der Waals surface area contributed by atoms with E-state index in [1.54, 1.807) is 19.1 Å².